The SMILES string of the molecule is Cc1cc(C(=O)Nc2ccccc2N2CCCC2=O)c(C)n1-c1ccccc1F. The van der Waals surface area contributed by atoms with Gasteiger partial charge in [-0.3, -0.25) is 9.59 Å². The summed E-state index contributed by atoms with van der Waals surface area (Å²) in [5, 5.41) is 2.93. The van der Waals surface area contributed by atoms with Gasteiger partial charge in [-0.1, -0.05) is 24.3 Å². The van der Waals surface area contributed by atoms with E-state index in [2.05, 4.69) is 5.32 Å². The van der Waals surface area contributed by atoms with Crippen molar-refractivity contribution < 1.29 is 14.0 Å². The average Bonchev–Trinajstić information content (AvgIpc) is 3.26. The third-order valence-corrected chi connectivity index (χ3v) is 5.29. The zero-order valence-corrected chi connectivity index (χ0v) is 16.4. The Balaban J connectivity index is 1.67. The number of hydrogen-bond acceptors (Lipinski definition) is 2. The summed E-state index contributed by atoms with van der Waals surface area (Å²) in [7, 11) is 0. The first-order valence-corrected chi connectivity index (χ1v) is 9.62. The van der Waals surface area contributed by atoms with Crippen LogP contribution in [0.15, 0.2) is 54.6 Å². The van der Waals surface area contributed by atoms with E-state index in [0.717, 1.165) is 12.1 Å². The molecule has 2 aromatic carbocycles. The largest absolute Gasteiger partial charge is 0.320 e. The van der Waals surface area contributed by atoms with E-state index in [1.54, 1.807) is 46.7 Å². The van der Waals surface area contributed by atoms with Gasteiger partial charge in [0, 0.05) is 24.4 Å². The molecule has 29 heavy (non-hydrogen) atoms. The fourth-order valence-electron chi connectivity index (χ4n) is 3.90. The summed E-state index contributed by atoms with van der Waals surface area (Å²) in [6.45, 7) is 4.28. The number of benzene rings is 2. The molecule has 0 atom stereocenters. The summed E-state index contributed by atoms with van der Waals surface area (Å²) in [4.78, 5) is 26.9. The number of nitrogens with zero attached hydrogens (tertiary/aromatic N) is 2. The Kier molecular flexibility index (Phi) is 4.92. The van der Waals surface area contributed by atoms with Gasteiger partial charge in [-0.2, -0.15) is 0 Å². The lowest BCUT2D eigenvalue weighted by molar-refractivity contribution is -0.117. The third-order valence-electron chi connectivity index (χ3n) is 5.29. The van der Waals surface area contributed by atoms with Crippen molar-refractivity contribution in [1.82, 2.24) is 4.57 Å². The molecule has 2 amide bonds. The van der Waals surface area contributed by atoms with Gasteiger partial charge in [0.15, 0.2) is 0 Å². The summed E-state index contributed by atoms with van der Waals surface area (Å²) in [5.74, 6) is -0.580. The van der Waals surface area contributed by atoms with E-state index in [-0.39, 0.29) is 17.6 Å². The van der Waals surface area contributed by atoms with Crippen molar-refractivity contribution in [2.24, 2.45) is 0 Å². The van der Waals surface area contributed by atoms with Gasteiger partial charge >= 0.3 is 0 Å². The lowest BCUT2D eigenvalue weighted by Crippen LogP contribution is -2.25. The molecular formula is C23H22FN3O2. The number of rotatable bonds is 4. The summed E-state index contributed by atoms with van der Waals surface area (Å²) >= 11 is 0. The minimum Gasteiger partial charge on any atom is -0.320 e. The second kappa shape index (κ2) is 7.54. The summed E-state index contributed by atoms with van der Waals surface area (Å²) in [6, 6.07) is 15.5. The number of aryl methyl sites for hydroxylation is 1. The van der Waals surface area contributed by atoms with Crippen LogP contribution in [-0.2, 0) is 4.79 Å². The van der Waals surface area contributed by atoms with Crippen LogP contribution in [0.25, 0.3) is 5.69 Å². The van der Waals surface area contributed by atoms with Crippen LogP contribution in [-0.4, -0.2) is 22.9 Å². The second-order valence-electron chi connectivity index (χ2n) is 7.19. The molecule has 1 fully saturated rings. The van der Waals surface area contributed by atoms with Crippen molar-refractivity contribution in [2.45, 2.75) is 26.7 Å². The Bertz CT molecular complexity index is 1100. The smallest absolute Gasteiger partial charge is 0.257 e. The maximum absolute atomic E-state index is 14.3. The molecular weight excluding hydrogens is 369 g/mol. The highest BCUT2D eigenvalue weighted by molar-refractivity contribution is 6.08. The Hall–Kier alpha value is -3.41. The van der Waals surface area contributed by atoms with Crippen LogP contribution in [0.3, 0.4) is 0 Å². The molecule has 6 heteroatoms. The first kappa shape index (κ1) is 18.9. The number of carbonyl (C=O) groups is 2. The van der Waals surface area contributed by atoms with E-state index < -0.39 is 0 Å². The standard InChI is InChI=1S/C23H22FN3O2/c1-15-14-17(16(2)27(15)20-10-5-3-8-18(20)24)23(29)25-19-9-4-6-11-21(19)26-13-7-12-22(26)28/h3-6,8-11,14H,7,12-13H2,1-2H3,(H,25,29). The number of halogens is 1. The monoisotopic (exact) mass is 391 g/mol. The Morgan fingerprint density at radius 3 is 2.41 bits per heavy atom. The van der Waals surface area contributed by atoms with E-state index in [1.165, 1.54) is 6.07 Å². The molecule has 3 aromatic rings. The molecule has 1 aliphatic heterocycles. The van der Waals surface area contributed by atoms with Gasteiger partial charge in [0.05, 0.1) is 22.6 Å². The zero-order valence-electron chi connectivity index (χ0n) is 16.4. The van der Waals surface area contributed by atoms with Crippen LogP contribution in [0.4, 0.5) is 15.8 Å². The fraction of sp³-hybridized carbons (Fsp3) is 0.217. The molecule has 1 saturated heterocycles. The highest BCUT2D eigenvalue weighted by Crippen LogP contribution is 2.30. The van der Waals surface area contributed by atoms with Crippen LogP contribution < -0.4 is 10.2 Å². The number of nitrogens with one attached hydrogen (secondary N) is 1. The minimum atomic E-state index is -0.348. The highest BCUT2D eigenvalue weighted by Gasteiger charge is 2.25. The maximum Gasteiger partial charge on any atom is 0.257 e. The molecule has 1 aromatic heterocycles. The molecule has 4 rings (SSSR count). The van der Waals surface area contributed by atoms with Gasteiger partial charge in [-0.05, 0) is 50.6 Å². The van der Waals surface area contributed by atoms with Crippen LogP contribution in [0.1, 0.15) is 34.6 Å². The number of para-hydroxylation sites is 3. The topological polar surface area (TPSA) is 54.3 Å². The Labute approximate surface area is 168 Å². The summed E-state index contributed by atoms with van der Waals surface area (Å²) < 4.78 is 16.0. The van der Waals surface area contributed by atoms with Gasteiger partial charge in [0.1, 0.15) is 5.82 Å². The molecule has 148 valence electrons. The number of anilines is 2. The van der Waals surface area contributed by atoms with Crippen molar-refractivity contribution >= 4 is 23.2 Å². The Morgan fingerprint density at radius 2 is 1.72 bits per heavy atom. The second-order valence-corrected chi connectivity index (χ2v) is 7.19. The van der Waals surface area contributed by atoms with E-state index in [1.807, 2.05) is 25.1 Å². The quantitative estimate of drug-likeness (QED) is 0.706. The van der Waals surface area contributed by atoms with Crippen molar-refractivity contribution in [2.75, 3.05) is 16.8 Å². The zero-order chi connectivity index (χ0) is 20.5. The third kappa shape index (κ3) is 3.42. The molecule has 1 aliphatic rings. The normalized spacial score (nSPS) is 13.8. The van der Waals surface area contributed by atoms with E-state index >= 15 is 0 Å². The molecule has 1 N–H and O–H groups in total. The van der Waals surface area contributed by atoms with Gasteiger partial charge < -0.3 is 14.8 Å². The predicted molar refractivity (Wildman–Crippen MR) is 111 cm³/mol. The fourth-order valence-corrected chi connectivity index (χ4v) is 3.90. The molecule has 0 radical (unpaired) electrons. The van der Waals surface area contributed by atoms with Gasteiger partial charge in [-0.25, -0.2) is 4.39 Å². The van der Waals surface area contributed by atoms with Crippen molar-refractivity contribution in [3.05, 3.63) is 77.4 Å². The van der Waals surface area contributed by atoms with Crippen molar-refractivity contribution in [1.29, 1.82) is 0 Å². The van der Waals surface area contributed by atoms with E-state index in [0.29, 0.717) is 41.3 Å². The predicted octanol–water partition coefficient (Wildman–Crippen LogP) is 4.61. The van der Waals surface area contributed by atoms with Gasteiger partial charge in [-0.15, -0.1) is 0 Å². The number of hydrogen-bond donors (Lipinski definition) is 1. The lowest BCUT2D eigenvalue weighted by atomic mass is 10.2. The lowest BCUT2D eigenvalue weighted by Gasteiger charge is -2.20. The molecule has 2 heterocycles. The summed E-state index contributed by atoms with van der Waals surface area (Å²) in [6.07, 6.45) is 1.33. The summed E-state index contributed by atoms with van der Waals surface area (Å²) in [5.41, 5.74) is 3.58. The molecule has 0 bridgehead atoms. The van der Waals surface area contributed by atoms with Crippen molar-refractivity contribution in [3.63, 3.8) is 0 Å². The van der Waals surface area contributed by atoms with Crippen LogP contribution in [0.5, 0.6) is 0 Å². The maximum atomic E-state index is 14.3. The van der Waals surface area contributed by atoms with Crippen LogP contribution in [0, 0.1) is 19.7 Å². The molecule has 0 unspecified atom stereocenters. The van der Waals surface area contributed by atoms with Crippen LogP contribution in [0.2, 0.25) is 0 Å². The van der Waals surface area contributed by atoms with Crippen LogP contribution >= 0.6 is 0 Å². The minimum absolute atomic E-state index is 0.0597. The molecule has 0 saturated carbocycles. The van der Waals surface area contributed by atoms with E-state index in [9.17, 15) is 14.0 Å². The molecule has 0 spiro atoms. The van der Waals surface area contributed by atoms with Gasteiger partial charge in [0.25, 0.3) is 5.91 Å². The number of carbonyl (C=O) groups excluding carboxylic acids is 2. The van der Waals surface area contributed by atoms with E-state index in [4.69, 9.17) is 0 Å². The van der Waals surface area contributed by atoms with Gasteiger partial charge in [0.2, 0.25) is 5.91 Å². The average molecular weight is 391 g/mol. The molecule has 5 nitrogen and oxygen atoms in total. The molecule has 0 aliphatic carbocycles. The van der Waals surface area contributed by atoms with Crippen molar-refractivity contribution in [3.8, 4) is 5.69 Å². The Morgan fingerprint density at radius 1 is 1.03 bits per heavy atom. The first-order chi connectivity index (χ1) is 14.0. The number of amides is 2. The first-order valence-electron chi connectivity index (χ1n) is 9.62. The number of aromatic nitrogens is 1. The highest BCUT2D eigenvalue weighted by atomic mass is 19.1.